The van der Waals surface area contributed by atoms with Crippen molar-refractivity contribution in [3.8, 4) is 0 Å². The van der Waals surface area contributed by atoms with Crippen LogP contribution in [0.3, 0.4) is 0 Å². The van der Waals surface area contributed by atoms with E-state index in [0.717, 1.165) is 38.6 Å². The van der Waals surface area contributed by atoms with Crippen molar-refractivity contribution in [2.75, 3.05) is 39.0 Å². The van der Waals surface area contributed by atoms with Crippen LogP contribution < -0.4 is 0 Å². The lowest BCUT2D eigenvalue weighted by molar-refractivity contribution is 0.124. The van der Waals surface area contributed by atoms with E-state index in [1.807, 2.05) is 12.1 Å². The molecule has 1 aromatic carbocycles. The summed E-state index contributed by atoms with van der Waals surface area (Å²) in [5.74, 6) is 0.797. The second kappa shape index (κ2) is 8.27. The van der Waals surface area contributed by atoms with Crippen LogP contribution in [0.1, 0.15) is 32.3 Å². The Morgan fingerprint density at radius 3 is 2.09 bits per heavy atom. The first-order chi connectivity index (χ1) is 10.8. The quantitative estimate of drug-likeness (QED) is 0.766. The number of rotatable bonds is 7. The Morgan fingerprint density at radius 2 is 1.57 bits per heavy atom. The summed E-state index contributed by atoms with van der Waals surface area (Å²) in [5, 5.41) is 0. The summed E-state index contributed by atoms with van der Waals surface area (Å²) in [7, 11) is -3.10. The first kappa shape index (κ1) is 18.4. The fourth-order valence-corrected chi connectivity index (χ4v) is 3.62. The van der Waals surface area contributed by atoms with E-state index < -0.39 is 9.84 Å². The third kappa shape index (κ3) is 6.24. The molecule has 1 fully saturated rings. The molecule has 0 aromatic heterocycles. The number of nitrogens with zero attached hydrogens (tertiary/aromatic N) is 2. The number of hydrogen-bond acceptors (Lipinski definition) is 4. The minimum atomic E-state index is -3.10. The number of hydrogen-bond donors (Lipinski definition) is 0. The minimum Gasteiger partial charge on any atom is -0.301 e. The molecule has 0 spiro atoms. The molecule has 0 radical (unpaired) electrons. The Bertz CT molecular complexity index is 574. The molecule has 0 saturated carbocycles. The van der Waals surface area contributed by atoms with E-state index in [4.69, 9.17) is 0 Å². The van der Waals surface area contributed by atoms with Crippen molar-refractivity contribution < 1.29 is 8.42 Å². The summed E-state index contributed by atoms with van der Waals surface area (Å²) in [5.41, 5.74) is 1.19. The molecule has 0 N–H and O–H groups in total. The van der Waals surface area contributed by atoms with Crippen molar-refractivity contribution in [3.63, 3.8) is 0 Å². The van der Waals surface area contributed by atoms with Crippen LogP contribution in [-0.4, -0.2) is 57.2 Å². The van der Waals surface area contributed by atoms with Crippen molar-refractivity contribution >= 4 is 9.84 Å². The lowest BCUT2D eigenvalue weighted by Crippen LogP contribution is -2.46. The lowest BCUT2D eigenvalue weighted by Gasteiger charge is -2.34. The Morgan fingerprint density at radius 1 is 1.00 bits per heavy atom. The summed E-state index contributed by atoms with van der Waals surface area (Å²) >= 11 is 0. The lowest BCUT2D eigenvalue weighted by atomic mass is 10.1. The smallest absolute Gasteiger partial charge is 0.175 e. The predicted molar refractivity (Wildman–Crippen MR) is 95.3 cm³/mol. The van der Waals surface area contributed by atoms with Gasteiger partial charge in [-0.05, 0) is 43.0 Å². The first-order valence-electron chi connectivity index (χ1n) is 8.58. The van der Waals surface area contributed by atoms with Gasteiger partial charge < -0.3 is 4.90 Å². The summed E-state index contributed by atoms with van der Waals surface area (Å²) in [6.45, 7) is 11.2. The van der Waals surface area contributed by atoms with Crippen LogP contribution in [0.4, 0.5) is 0 Å². The van der Waals surface area contributed by atoms with Gasteiger partial charge in [0.1, 0.15) is 0 Å². The Labute approximate surface area is 141 Å². The van der Waals surface area contributed by atoms with E-state index in [1.54, 1.807) is 12.1 Å². The van der Waals surface area contributed by atoms with Gasteiger partial charge in [0.2, 0.25) is 0 Å². The van der Waals surface area contributed by atoms with Crippen molar-refractivity contribution in [3.05, 3.63) is 29.8 Å². The second-order valence-corrected chi connectivity index (χ2v) is 9.09. The van der Waals surface area contributed by atoms with Crippen molar-refractivity contribution in [2.45, 2.75) is 38.1 Å². The molecule has 4 nitrogen and oxygen atoms in total. The highest BCUT2D eigenvalue weighted by molar-refractivity contribution is 7.90. The van der Waals surface area contributed by atoms with Crippen LogP contribution in [0.5, 0.6) is 0 Å². The molecule has 1 aliphatic heterocycles. The maximum atomic E-state index is 11.5. The fraction of sp³-hybridized carbons (Fsp3) is 0.667. The van der Waals surface area contributed by atoms with Gasteiger partial charge >= 0.3 is 0 Å². The van der Waals surface area contributed by atoms with Gasteiger partial charge in [0.25, 0.3) is 0 Å². The largest absolute Gasteiger partial charge is 0.301 e. The van der Waals surface area contributed by atoms with E-state index in [1.165, 1.54) is 31.2 Å². The number of benzene rings is 1. The molecule has 5 heteroatoms. The van der Waals surface area contributed by atoms with Crippen LogP contribution >= 0.6 is 0 Å². The Balaban J connectivity index is 1.76. The van der Waals surface area contributed by atoms with E-state index in [-0.39, 0.29) is 0 Å². The first-order valence-corrected chi connectivity index (χ1v) is 10.5. The standard InChI is InChI=1S/C18H30N2O2S/c1-16(2)5-4-10-19-11-13-20(14-12-19)15-17-6-8-18(9-7-17)23(3,21)22/h6-9,16H,4-5,10-15H2,1-3H3. The average molecular weight is 339 g/mol. The van der Waals surface area contributed by atoms with Gasteiger partial charge in [-0.2, -0.15) is 0 Å². The average Bonchev–Trinajstić information content (AvgIpc) is 2.48. The minimum absolute atomic E-state index is 0.399. The van der Waals surface area contributed by atoms with Crippen LogP contribution in [0.25, 0.3) is 0 Å². The fourth-order valence-electron chi connectivity index (χ4n) is 2.99. The van der Waals surface area contributed by atoms with E-state index in [0.29, 0.717) is 4.90 Å². The maximum absolute atomic E-state index is 11.5. The van der Waals surface area contributed by atoms with E-state index >= 15 is 0 Å². The van der Waals surface area contributed by atoms with Gasteiger partial charge in [0.15, 0.2) is 9.84 Å². The molecule has 0 aliphatic carbocycles. The van der Waals surface area contributed by atoms with Crippen molar-refractivity contribution in [2.24, 2.45) is 5.92 Å². The summed E-state index contributed by atoms with van der Waals surface area (Å²) in [6, 6.07) is 7.30. The molecule has 0 unspecified atom stereocenters. The van der Waals surface area contributed by atoms with Gasteiger partial charge in [-0.1, -0.05) is 26.0 Å². The monoisotopic (exact) mass is 338 g/mol. The third-order valence-corrected chi connectivity index (χ3v) is 5.61. The van der Waals surface area contributed by atoms with Crippen LogP contribution in [0.15, 0.2) is 29.2 Å². The zero-order valence-corrected chi connectivity index (χ0v) is 15.5. The molecular formula is C18H30N2O2S. The summed E-state index contributed by atoms with van der Waals surface area (Å²) < 4.78 is 23.0. The van der Waals surface area contributed by atoms with Crippen molar-refractivity contribution in [1.29, 1.82) is 0 Å². The number of piperazine rings is 1. The molecule has 1 aliphatic rings. The van der Waals surface area contributed by atoms with Gasteiger partial charge in [-0.3, -0.25) is 4.90 Å². The molecule has 1 saturated heterocycles. The van der Waals surface area contributed by atoms with Crippen LogP contribution in [-0.2, 0) is 16.4 Å². The Kier molecular flexibility index (Phi) is 6.62. The van der Waals surface area contributed by atoms with Gasteiger partial charge in [0, 0.05) is 39.0 Å². The highest BCUT2D eigenvalue weighted by Crippen LogP contribution is 2.14. The number of sulfone groups is 1. The summed E-state index contributed by atoms with van der Waals surface area (Å²) in [6.07, 6.45) is 3.86. The molecule has 1 aromatic rings. The van der Waals surface area contributed by atoms with Crippen LogP contribution in [0, 0.1) is 5.92 Å². The van der Waals surface area contributed by atoms with Gasteiger partial charge in [0.05, 0.1) is 4.90 Å². The normalized spacial score (nSPS) is 17.7. The molecular weight excluding hydrogens is 308 g/mol. The SMILES string of the molecule is CC(C)CCCN1CCN(Cc2ccc(S(C)(=O)=O)cc2)CC1. The maximum Gasteiger partial charge on any atom is 0.175 e. The molecule has 1 heterocycles. The van der Waals surface area contributed by atoms with Crippen LogP contribution in [0.2, 0.25) is 0 Å². The van der Waals surface area contributed by atoms with Gasteiger partial charge in [-0.15, -0.1) is 0 Å². The molecule has 23 heavy (non-hydrogen) atoms. The molecule has 2 rings (SSSR count). The molecule has 0 amide bonds. The van der Waals surface area contributed by atoms with E-state index in [2.05, 4.69) is 23.6 Å². The zero-order valence-electron chi connectivity index (χ0n) is 14.7. The predicted octanol–water partition coefficient (Wildman–Crippen LogP) is 2.64. The second-order valence-electron chi connectivity index (χ2n) is 7.07. The highest BCUT2D eigenvalue weighted by Gasteiger charge is 2.17. The highest BCUT2D eigenvalue weighted by atomic mass is 32.2. The van der Waals surface area contributed by atoms with Crippen molar-refractivity contribution in [1.82, 2.24) is 9.80 Å². The zero-order chi connectivity index (χ0) is 16.9. The van der Waals surface area contributed by atoms with E-state index in [9.17, 15) is 8.42 Å². The Hall–Kier alpha value is -0.910. The summed E-state index contributed by atoms with van der Waals surface area (Å²) in [4.78, 5) is 5.41. The van der Waals surface area contributed by atoms with Gasteiger partial charge in [-0.25, -0.2) is 8.42 Å². The molecule has 0 bridgehead atoms. The topological polar surface area (TPSA) is 40.6 Å². The molecule has 130 valence electrons. The third-order valence-electron chi connectivity index (χ3n) is 4.48. The molecule has 0 atom stereocenters.